The Morgan fingerprint density at radius 2 is 2.00 bits per heavy atom. The van der Waals surface area contributed by atoms with Crippen LogP contribution in [0.4, 0.5) is 0 Å². The van der Waals surface area contributed by atoms with Gasteiger partial charge in [0.1, 0.15) is 24.2 Å². The average Bonchev–Trinajstić information content (AvgIpc) is 3.18. The van der Waals surface area contributed by atoms with Crippen molar-refractivity contribution in [3.63, 3.8) is 0 Å². The first-order valence-corrected chi connectivity index (χ1v) is 12.0. The molecule has 3 fully saturated rings. The van der Waals surface area contributed by atoms with Crippen molar-refractivity contribution in [3.8, 4) is 0 Å². The summed E-state index contributed by atoms with van der Waals surface area (Å²) in [6, 6.07) is 0. The molecule has 0 aromatic heterocycles. The maximum atomic E-state index is 13.1. The van der Waals surface area contributed by atoms with E-state index in [1.807, 2.05) is 6.26 Å². The molecular formula is C24H32O6S. The minimum absolute atomic E-state index is 0.119. The van der Waals surface area contributed by atoms with E-state index in [4.69, 9.17) is 14.2 Å². The summed E-state index contributed by atoms with van der Waals surface area (Å²) >= 11 is 1.41. The third-order valence-electron chi connectivity index (χ3n) is 7.61. The number of rotatable bonds is 5. The van der Waals surface area contributed by atoms with Crippen LogP contribution in [0, 0.1) is 22.7 Å². The van der Waals surface area contributed by atoms with E-state index in [0.717, 1.165) is 6.42 Å². The number of hydrogen-bond acceptors (Lipinski definition) is 7. The van der Waals surface area contributed by atoms with Gasteiger partial charge in [-0.1, -0.05) is 26.5 Å². The number of hydrogen-bond donors (Lipinski definition) is 0. The first kappa shape index (κ1) is 23.6. The fraction of sp³-hybridized carbons (Fsp3) is 0.625. The van der Waals surface area contributed by atoms with Gasteiger partial charge in [0.05, 0.1) is 0 Å². The van der Waals surface area contributed by atoms with Gasteiger partial charge in [-0.05, 0) is 61.7 Å². The second-order valence-electron chi connectivity index (χ2n) is 9.15. The molecule has 1 spiro atoms. The maximum Gasteiger partial charge on any atom is 0.333 e. The van der Waals surface area contributed by atoms with Crippen LogP contribution in [-0.4, -0.2) is 43.0 Å². The minimum Gasteiger partial charge on any atom is -0.460 e. The Balaban J connectivity index is 2.07. The lowest BCUT2D eigenvalue weighted by molar-refractivity contribution is -0.171. The number of cyclic esters (lactones) is 1. The van der Waals surface area contributed by atoms with Crippen LogP contribution in [0.2, 0.25) is 0 Å². The van der Waals surface area contributed by atoms with Crippen molar-refractivity contribution in [2.45, 2.75) is 59.2 Å². The summed E-state index contributed by atoms with van der Waals surface area (Å²) < 4.78 is 17.3. The average molecular weight is 449 g/mol. The quantitative estimate of drug-likeness (QED) is 0.270. The monoisotopic (exact) mass is 448 g/mol. The number of thioether (sulfide) groups is 1. The highest BCUT2D eigenvalue weighted by Gasteiger charge is 2.72. The highest BCUT2D eigenvalue weighted by Crippen LogP contribution is 2.66. The van der Waals surface area contributed by atoms with Crippen molar-refractivity contribution in [2.24, 2.45) is 22.7 Å². The molecule has 6 atom stereocenters. The summed E-state index contributed by atoms with van der Waals surface area (Å²) in [6.07, 6.45) is 5.64. The van der Waals surface area contributed by atoms with E-state index in [2.05, 4.69) is 20.4 Å². The predicted octanol–water partition coefficient (Wildman–Crippen LogP) is 4.21. The summed E-state index contributed by atoms with van der Waals surface area (Å²) in [5, 5.41) is 1.67. The first-order chi connectivity index (χ1) is 14.6. The van der Waals surface area contributed by atoms with Gasteiger partial charge in [0.25, 0.3) is 0 Å². The first-order valence-electron chi connectivity index (χ1n) is 10.7. The van der Waals surface area contributed by atoms with E-state index in [1.165, 1.54) is 17.8 Å². The molecule has 0 radical (unpaired) electrons. The highest BCUT2D eigenvalue weighted by molar-refractivity contribution is 8.01. The molecule has 0 unspecified atom stereocenters. The Labute approximate surface area is 188 Å². The molecule has 2 saturated carbocycles. The van der Waals surface area contributed by atoms with Gasteiger partial charge in [0.15, 0.2) is 0 Å². The summed E-state index contributed by atoms with van der Waals surface area (Å²) in [5.74, 6) is -1.39. The summed E-state index contributed by atoms with van der Waals surface area (Å²) in [5.41, 5.74) is -0.403. The molecule has 1 saturated heterocycles. The Morgan fingerprint density at radius 1 is 1.29 bits per heavy atom. The summed E-state index contributed by atoms with van der Waals surface area (Å²) in [6.45, 7) is 11.9. The molecule has 170 valence electrons. The lowest BCUT2D eigenvalue weighted by Crippen LogP contribution is -2.50. The maximum absolute atomic E-state index is 13.1. The molecule has 1 heterocycles. The van der Waals surface area contributed by atoms with Gasteiger partial charge in [-0.15, -0.1) is 11.8 Å². The molecule has 0 aromatic carbocycles. The second kappa shape index (κ2) is 8.85. The second-order valence-corrected chi connectivity index (χ2v) is 9.89. The lowest BCUT2D eigenvalue weighted by atomic mass is 9.61. The van der Waals surface area contributed by atoms with Crippen molar-refractivity contribution < 1.29 is 28.6 Å². The van der Waals surface area contributed by atoms with E-state index in [-0.39, 0.29) is 23.9 Å². The van der Waals surface area contributed by atoms with Crippen LogP contribution in [0.1, 0.15) is 47.0 Å². The van der Waals surface area contributed by atoms with Crippen LogP contribution in [0.25, 0.3) is 0 Å². The molecule has 2 aliphatic carbocycles. The van der Waals surface area contributed by atoms with Crippen LogP contribution in [0.15, 0.2) is 35.3 Å². The third-order valence-corrected chi connectivity index (χ3v) is 8.02. The lowest BCUT2D eigenvalue weighted by Gasteiger charge is -2.46. The third kappa shape index (κ3) is 3.86. The largest absolute Gasteiger partial charge is 0.460 e. The van der Waals surface area contributed by atoms with Gasteiger partial charge >= 0.3 is 17.9 Å². The molecule has 0 N–H and O–H groups in total. The summed E-state index contributed by atoms with van der Waals surface area (Å²) in [7, 11) is 0. The molecule has 0 bridgehead atoms. The zero-order chi connectivity index (χ0) is 23.0. The zero-order valence-corrected chi connectivity index (χ0v) is 19.8. The molecule has 7 heteroatoms. The van der Waals surface area contributed by atoms with E-state index >= 15 is 0 Å². The number of carbonyl (C=O) groups excluding carboxylic acids is 3. The Kier molecular flexibility index (Phi) is 6.75. The van der Waals surface area contributed by atoms with Crippen LogP contribution >= 0.6 is 11.8 Å². The van der Waals surface area contributed by atoms with E-state index in [9.17, 15) is 14.4 Å². The van der Waals surface area contributed by atoms with Crippen LogP contribution < -0.4 is 0 Å². The molecule has 3 rings (SSSR count). The smallest absolute Gasteiger partial charge is 0.333 e. The Morgan fingerprint density at radius 3 is 2.58 bits per heavy atom. The molecular weight excluding hydrogens is 416 g/mol. The van der Waals surface area contributed by atoms with Gasteiger partial charge in [-0.2, -0.15) is 0 Å². The van der Waals surface area contributed by atoms with E-state index in [1.54, 1.807) is 25.3 Å². The minimum atomic E-state index is -1.11. The Hall–Kier alpha value is -2.02. The van der Waals surface area contributed by atoms with Crippen molar-refractivity contribution in [3.05, 3.63) is 35.3 Å². The van der Waals surface area contributed by atoms with Crippen LogP contribution in [0.5, 0.6) is 0 Å². The fourth-order valence-electron chi connectivity index (χ4n) is 5.53. The fourth-order valence-corrected chi connectivity index (χ4v) is 5.78. The number of ether oxygens (including phenoxy) is 3. The van der Waals surface area contributed by atoms with Gasteiger partial charge in [-0.3, -0.25) is 4.79 Å². The van der Waals surface area contributed by atoms with E-state index in [0.29, 0.717) is 24.0 Å². The van der Waals surface area contributed by atoms with Gasteiger partial charge in [0.2, 0.25) is 0 Å². The summed E-state index contributed by atoms with van der Waals surface area (Å²) in [4.78, 5) is 38.3. The predicted molar refractivity (Wildman–Crippen MR) is 119 cm³/mol. The molecule has 1 aliphatic heterocycles. The normalized spacial score (nSPS) is 37.8. The van der Waals surface area contributed by atoms with Crippen LogP contribution in [0.3, 0.4) is 0 Å². The molecule has 0 aromatic rings. The van der Waals surface area contributed by atoms with Crippen molar-refractivity contribution in [1.29, 1.82) is 0 Å². The number of esters is 3. The number of carbonyl (C=O) groups is 3. The highest BCUT2D eigenvalue weighted by atomic mass is 32.2. The molecule has 31 heavy (non-hydrogen) atoms. The van der Waals surface area contributed by atoms with Gasteiger partial charge < -0.3 is 14.2 Å². The number of fused-ring (bicyclic) bond motifs is 1. The molecule has 3 aliphatic rings. The SMILES string of the molecule is C=C1COC(=O)[C@]12C[C@@]1(C)[C@H]([C@@H](OC(=O)/C=C/SC)CC[C@@H]1C)[C@H]2OC(=O)/C(C)=C/C. The van der Waals surface area contributed by atoms with Crippen molar-refractivity contribution >= 4 is 29.7 Å². The molecule has 0 amide bonds. The van der Waals surface area contributed by atoms with Crippen molar-refractivity contribution in [1.82, 2.24) is 0 Å². The van der Waals surface area contributed by atoms with Gasteiger partial charge in [-0.25, -0.2) is 9.59 Å². The van der Waals surface area contributed by atoms with Crippen molar-refractivity contribution in [2.75, 3.05) is 12.9 Å². The van der Waals surface area contributed by atoms with E-state index < -0.39 is 35.5 Å². The Bertz CT molecular complexity index is 827. The topological polar surface area (TPSA) is 78.9 Å². The molecule has 6 nitrogen and oxygen atoms in total. The van der Waals surface area contributed by atoms with Gasteiger partial charge in [0, 0.05) is 17.6 Å². The number of allylic oxidation sites excluding steroid dienone is 1. The zero-order valence-electron chi connectivity index (χ0n) is 18.9. The van der Waals surface area contributed by atoms with Crippen LogP contribution in [-0.2, 0) is 28.6 Å². The standard InChI is InChI=1S/C24H32O6S/c1-7-14(2)21(26)30-20-19-17(29-18(25)10-11-31-6)9-8-15(3)23(19,5)13-24(20)16(4)12-28-22(24)27/h7,10-11,15,17,19-20H,4,8-9,12-13H2,1-3,5-6H3/b11-10+,14-7+/t15-,17-,19+,20+,23+,24+/m0/s1.